The molecule has 1 aromatic carbocycles. The number of ether oxygens (including phenoxy) is 2. The van der Waals surface area contributed by atoms with Crippen molar-refractivity contribution < 1.29 is 9.47 Å². The van der Waals surface area contributed by atoms with Gasteiger partial charge in [0.2, 0.25) is 0 Å². The van der Waals surface area contributed by atoms with E-state index in [9.17, 15) is 0 Å². The molecule has 1 unspecified atom stereocenters. The average molecular weight is 355 g/mol. The van der Waals surface area contributed by atoms with Crippen LogP contribution in [0.1, 0.15) is 32.8 Å². The molecule has 116 valence electrons. The summed E-state index contributed by atoms with van der Waals surface area (Å²) in [5, 5.41) is 12.4. The van der Waals surface area contributed by atoms with Crippen LogP contribution in [0.5, 0.6) is 11.5 Å². The molecule has 0 bridgehead atoms. The van der Waals surface area contributed by atoms with Crippen molar-refractivity contribution >= 4 is 15.9 Å². The number of methoxy groups -OCH3 is 1. The fourth-order valence-electron chi connectivity index (χ4n) is 1.84. The molecule has 0 amide bonds. The Morgan fingerprint density at radius 3 is 2.62 bits per heavy atom. The van der Waals surface area contributed by atoms with Gasteiger partial charge in [0.05, 0.1) is 11.6 Å². The first-order valence-corrected chi connectivity index (χ1v) is 7.94. The van der Waals surface area contributed by atoms with Gasteiger partial charge in [0.25, 0.3) is 0 Å². The molecular weight excluding hydrogens is 332 g/mol. The summed E-state index contributed by atoms with van der Waals surface area (Å²) in [7, 11) is 1.60. The van der Waals surface area contributed by atoms with E-state index in [1.54, 1.807) is 7.11 Å². The van der Waals surface area contributed by atoms with E-state index in [0.29, 0.717) is 23.8 Å². The predicted molar refractivity (Wildman–Crippen MR) is 87.6 cm³/mol. The van der Waals surface area contributed by atoms with Gasteiger partial charge in [-0.3, -0.25) is 0 Å². The monoisotopic (exact) mass is 354 g/mol. The van der Waals surface area contributed by atoms with Crippen molar-refractivity contribution in [1.29, 1.82) is 5.26 Å². The van der Waals surface area contributed by atoms with Crippen molar-refractivity contribution in [3.8, 4) is 17.6 Å². The minimum Gasteiger partial charge on any atom is -0.493 e. The van der Waals surface area contributed by atoms with E-state index in [4.69, 9.17) is 14.7 Å². The molecule has 1 aromatic rings. The maximum absolute atomic E-state index is 9.02. The lowest BCUT2D eigenvalue weighted by Crippen LogP contribution is -2.19. The summed E-state index contributed by atoms with van der Waals surface area (Å²) in [6.07, 6.45) is 0.157. The number of nitrogens with one attached hydrogen (secondary N) is 1. The van der Waals surface area contributed by atoms with Crippen molar-refractivity contribution in [2.75, 3.05) is 13.7 Å². The Bertz CT molecular complexity index is 498. The maximum Gasteiger partial charge on any atom is 0.184 e. The topological polar surface area (TPSA) is 54.3 Å². The van der Waals surface area contributed by atoms with Gasteiger partial charge in [-0.05, 0) is 52.5 Å². The number of nitriles is 1. The lowest BCUT2D eigenvalue weighted by atomic mass is 10.1. The van der Waals surface area contributed by atoms with Crippen LogP contribution in [-0.4, -0.2) is 19.8 Å². The molecular formula is C16H23BrN2O2. The second-order valence-electron chi connectivity index (χ2n) is 5.28. The van der Waals surface area contributed by atoms with Crippen molar-refractivity contribution in [3.05, 3.63) is 22.2 Å². The van der Waals surface area contributed by atoms with Crippen LogP contribution in [-0.2, 0) is 6.54 Å². The van der Waals surface area contributed by atoms with Crippen LogP contribution >= 0.6 is 15.9 Å². The highest BCUT2D eigenvalue weighted by Crippen LogP contribution is 2.37. The zero-order chi connectivity index (χ0) is 15.8. The van der Waals surface area contributed by atoms with Crippen LogP contribution in [0.2, 0.25) is 0 Å². The van der Waals surface area contributed by atoms with Crippen molar-refractivity contribution in [1.82, 2.24) is 5.32 Å². The normalized spacial score (nSPS) is 12.0. The molecule has 0 aliphatic heterocycles. The minimum atomic E-state index is -0.472. The Labute approximate surface area is 135 Å². The summed E-state index contributed by atoms with van der Waals surface area (Å²) in [6, 6.07) is 6.07. The van der Waals surface area contributed by atoms with Gasteiger partial charge in [-0.2, -0.15) is 5.26 Å². The molecule has 0 aromatic heterocycles. The Morgan fingerprint density at radius 2 is 2.10 bits per heavy atom. The van der Waals surface area contributed by atoms with Crippen molar-refractivity contribution in [2.45, 2.75) is 39.8 Å². The standard InChI is InChI=1S/C16H23BrN2O2/c1-5-13(8-18)21-16-14(17)6-12(7-15(16)20-4)10-19-9-11(2)3/h6-7,11,13,19H,5,9-10H2,1-4H3. The SMILES string of the molecule is CCC(C#N)Oc1c(Br)cc(CNCC(C)C)cc1OC. The fourth-order valence-corrected chi connectivity index (χ4v) is 2.42. The Morgan fingerprint density at radius 1 is 1.38 bits per heavy atom. The van der Waals surface area contributed by atoms with Crippen LogP contribution in [0.15, 0.2) is 16.6 Å². The van der Waals surface area contributed by atoms with Crippen LogP contribution in [0.4, 0.5) is 0 Å². The zero-order valence-corrected chi connectivity index (χ0v) is 14.7. The summed E-state index contributed by atoms with van der Waals surface area (Å²) < 4.78 is 11.9. The molecule has 0 radical (unpaired) electrons. The first-order valence-electron chi connectivity index (χ1n) is 7.15. The summed E-state index contributed by atoms with van der Waals surface area (Å²) in [5.74, 6) is 1.83. The summed E-state index contributed by atoms with van der Waals surface area (Å²) in [6.45, 7) is 7.99. The second-order valence-corrected chi connectivity index (χ2v) is 6.13. The van der Waals surface area contributed by atoms with Gasteiger partial charge in [0.15, 0.2) is 17.6 Å². The highest BCUT2D eigenvalue weighted by Gasteiger charge is 2.16. The number of nitrogens with zero attached hydrogens (tertiary/aromatic N) is 1. The summed E-state index contributed by atoms with van der Waals surface area (Å²) >= 11 is 3.50. The van der Waals surface area contributed by atoms with Gasteiger partial charge in [-0.15, -0.1) is 0 Å². The zero-order valence-electron chi connectivity index (χ0n) is 13.1. The molecule has 1 atom stereocenters. The molecule has 0 spiro atoms. The fraction of sp³-hybridized carbons (Fsp3) is 0.562. The molecule has 0 aliphatic carbocycles. The van der Waals surface area contributed by atoms with E-state index in [1.807, 2.05) is 19.1 Å². The lowest BCUT2D eigenvalue weighted by molar-refractivity contribution is 0.237. The Balaban J connectivity index is 2.89. The molecule has 0 saturated carbocycles. The highest BCUT2D eigenvalue weighted by atomic mass is 79.9. The molecule has 5 heteroatoms. The van der Waals surface area contributed by atoms with E-state index in [2.05, 4.69) is 41.2 Å². The third-order valence-electron chi connectivity index (χ3n) is 2.95. The largest absolute Gasteiger partial charge is 0.493 e. The molecule has 1 rings (SSSR count). The first kappa shape index (κ1) is 17.8. The number of hydrogen-bond donors (Lipinski definition) is 1. The number of hydrogen-bond acceptors (Lipinski definition) is 4. The number of rotatable bonds is 8. The molecule has 0 fully saturated rings. The smallest absolute Gasteiger partial charge is 0.184 e. The van der Waals surface area contributed by atoms with Gasteiger partial charge in [0, 0.05) is 6.54 Å². The van der Waals surface area contributed by atoms with Crippen LogP contribution in [0.3, 0.4) is 0 Å². The molecule has 21 heavy (non-hydrogen) atoms. The summed E-state index contributed by atoms with van der Waals surface area (Å²) in [4.78, 5) is 0. The first-order chi connectivity index (χ1) is 10.0. The molecule has 0 saturated heterocycles. The van der Waals surface area contributed by atoms with E-state index in [1.165, 1.54) is 0 Å². The van der Waals surface area contributed by atoms with Crippen molar-refractivity contribution in [3.63, 3.8) is 0 Å². The van der Waals surface area contributed by atoms with Gasteiger partial charge in [0.1, 0.15) is 6.07 Å². The minimum absolute atomic E-state index is 0.472. The predicted octanol–water partition coefficient (Wildman–Crippen LogP) is 3.88. The van der Waals surface area contributed by atoms with Gasteiger partial charge in [-0.1, -0.05) is 20.8 Å². The molecule has 0 heterocycles. The second kappa shape index (κ2) is 8.91. The van der Waals surface area contributed by atoms with E-state index in [0.717, 1.165) is 23.1 Å². The number of benzene rings is 1. The lowest BCUT2D eigenvalue weighted by Gasteiger charge is -2.17. The molecule has 4 nitrogen and oxygen atoms in total. The van der Waals surface area contributed by atoms with Crippen molar-refractivity contribution in [2.24, 2.45) is 5.92 Å². The maximum atomic E-state index is 9.02. The Hall–Kier alpha value is -1.25. The molecule has 1 N–H and O–H groups in total. The van der Waals surface area contributed by atoms with E-state index >= 15 is 0 Å². The Kier molecular flexibility index (Phi) is 7.55. The van der Waals surface area contributed by atoms with Crippen LogP contribution in [0, 0.1) is 17.2 Å². The van der Waals surface area contributed by atoms with Gasteiger partial charge in [-0.25, -0.2) is 0 Å². The van der Waals surface area contributed by atoms with E-state index in [-0.39, 0.29) is 0 Å². The third kappa shape index (κ3) is 5.56. The molecule has 0 aliphatic rings. The highest BCUT2D eigenvalue weighted by molar-refractivity contribution is 9.10. The number of halogens is 1. The third-order valence-corrected chi connectivity index (χ3v) is 3.53. The van der Waals surface area contributed by atoms with Crippen LogP contribution in [0.25, 0.3) is 0 Å². The summed E-state index contributed by atoms with van der Waals surface area (Å²) in [5.41, 5.74) is 1.11. The van der Waals surface area contributed by atoms with E-state index < -0.39 is 6.10 Å². The van der Waals surface area contributed by atoms with Crippen LogP contribution < -0.4 is 14.8 Å². The average Bonchev–Trinajstić information content (AvgIpc) is 2.45. The van der Waals surface area contributed by atoms with Gasteiger partial charge >= 0.3 is 0 Å². The van der Waals surface area contributed by atoms with Gasteiger partial charge < -0.3 is 14.8 Å². The quantitative estimate of drug-likeness (QED) is 0.769.